The number of benzene rings is 1. The Labute approximate surface area is 176 Å². The molecule has 8 nitrogen and oxygen atoms in total. The molecule has 1 aromatic carbocycles. The SMILES string of the molecule is CC(NCC(=O)N1CCCc2ccccc21)C(=O)N1CCN(c2ncccn2)CC1. The standard InChI is InChI=1S/C22H28N6O2/c1-17(21(30)26-12-14-27(15-13-26)22-23-9-5-10-24-22)25-16-20(29)28-11-4-7-18-6-2-3-8-19(18)28/h2-3,5-6,8-10,17,25H,4,7,11-16H2,1H3. The molecule has 2 aromatic rings. The number of anilines is 2. The number of hydrogen-bond donors (Lipinski definition) is 1. The van der Waals surface area contributed by atoms with Crippen LogP contribution in [0.3, 0.4) is 0 Å². The van der Waals surface area contributed by atoms with Crippen LogP contribution in [0.2, 0.25) is 0 Å². The summed E-state index contributed by atoms with van der Waals surface area (Å²) in [5.41, 5.74) is 2.20. The van der Waals surface area contributed by atoms with Crippen LogP contribution in [0, 0.1) is 0 Å². The van der Waals surface area contributed by atoms with Crippen molar-refractivity contribution in [3.05, 3.63) is 48.3 Å². The van der Waals surface area contributed by atoms with Crippen LogP contribution >= 0.6 is 0 Å². The second-order valence-electron chi connectivity index (χ2n) is 7.74. The molecule has 2 aliphatic rings. The topological polar surface area (TPSA) is 81.7 Å². The van der Waals surface area contributed by atoms with Crippen LogP contribution in [-0.4, -0.2) is 72.0 Å². The molecule has 8 heteroatoms. The Bertz CT molecular complexity index is 882. The van der Waals surface area contributed by atoms with Gasteiger partial charge in [0.1, 0.15) is 0 Å². The molecule has 1 fully saturated rings. The van der Waals surface area contributed by atoms with Crippen LogP contribution in [0.1, 0.15) is 18.9 Å². The number of carbonyl (C=O) groups is 2. The molecule has 0 radical (unpaired) electrons. The lowest BCUT2D eigenvalue weighted by atomic mass is 10.0. The predicted molar refractivity (Wildman–Crippen MR) is 115 cm³/mol. The first-order chi connectivity index (χ1) is 14.6. The molecule has 1 aromatic heterocycles. The number of nitrogens with zero attached hydrogens (tertiary/aromatic N) is 5. The highest BCUT2D eigenvalue weighted by atomic mass is 16.2. The molecule has 4 rings (SSSR count). The van der Waals surface area contributed by atoms with Gasteiger partial charge in [-0.05, 0) is 37.5 Å². The first-order valence-corrected chi connectivity index (χ1v) is 10.6. The lowest BCUT2D eigenvalue weighted by Crippen LogP contribution is -2.54. The van der Waals surface area contributed by atoms with E-state index in [2.05, 4.69) is 26.3 Å². The van der Waals surface area contributed by atoms with Crippen molar-refractivity contribution in [1.82, 2.24) is 20.2 Å². The van der Waals surface area contributed by atoms with E-state index in [0.29, 0.717) is 32.1 Å². The van der Waals surface area contributed by atoms with Crippen molar-refractivity contribution in [3.8, 4) is 0 Å². The van der Waals surface area contributed by atoms with Crippen LogP contribution in [0.15, 0.2) is 42.7 Å². The van der Waals surface area contributed by atoms with Crippen molar-refractivity contribution in [2.24, 2.45) is 0 Å². The third-order valence-electron chi connectivity index (χ3n) is 5.77. The molecule has 1 unspecified atom stereocenters. The van der Waals surface area contributed by atoms with Gasteiger partial charge in [0.15, 0.2) is 0 Å². The van der Waals surface area contributed by atoms with Crippen molar-refractivity contribution in [2.45, 2.75) is 25.8 Å². The van der Waals surface area contributed by atoms with E-state index in [1.165, 1.54) is 5.56 Å². The minimum Gasteiger partial charge on any atom is -0.338 e. The second-order valence-corrected chi connectivity index (χ2v) is 7.74. The zero-order valence-electron chi connectivity index (χ0n) is 17.3. The lowest BCUT2D eigenvalue weighted by molar-refractivity contribution is -0.133. The highest BCUT2D eigenvalue weighted by Gasteiger charge is 2.27. The molecular weight excluding hydrogens is 380 g/mol. The molecule has 0 aliphatic carbocycles. The van der Waals surface area contributed by atoms with Crippen molar-refractivity contribution in [1.29, 1.82) is 0 Å². The number of aromatic nitrogens is 2. The molecule has 2 amide bonds. The summed E-state index contributed by atoms with van der Waals surface area (Å²) in [7, 11) is 0. The Kier molecular flexibility index (Phi) is 6.23. The summed E-state index contributed by atoms with van der Waals surface area (Å²) in [6, 6.07) is 9.43. The summed E-state index contributed by atoms with van der Waals surface area (Å²) >= 11 is 0. The first kappa shape index (κ1) is 20.3. The van der Waals surface area contributed by atoms with E-state index in [1.807, 2.05) is 34.9 Å². The average Bonchev–Trinajstić information content (AvgIpc) is 2.82. The fourth-order valence-electron chi connectivity index (χ4n) is 4.07. The summed E-state index contributed by atoms with van der Waals surface area (Å²) in [6.45, 7) is 5.35. The van der Waals surface area contributed by atoms with Crippen LogP contribution < -0.4 is 15.1 Å². The van der Waals surface area contributed by atoms with Crippen molar-refractivity contribution < 1.29 is 9.59 Å². The summed E-state index contributed by atoms with van der Waals surface area (Å²) in [4.78, 5) is 39.9. The Balaban J connectivity index is 1.27. The van der Waals surface area contributed by atoms with Gasteiger partial charge in [-0.2, -0.15) is 0 Å². The normalized spacial score (nSPS) is 17.4. The number of para-hydroxylation sites is 1. The van der Waals surface area contributed by atoms with Crippen molar-refractivity contribution in [2.75, 3.05) is 49.1 Å². The number of aryl methyl sites for hydroxylation is 1. The second kappa shape index (κ2) is 9.21. The van der Waals surface area contributed by atoms with Crippen LogP contribution in [-0.2, 0) is 16.0 Å². The van der Waals surface area contributed by atoms with Crippen LogP contribution in [0.5, 0.6) is 0 Å². The van der Waals surface area contributed by atoms with Gasteiger partial charge in [-0.3, -0.25) is 14.9 Å². The fraction of sp³-hybridized carbons (Fsp3) is 0.455. The van der Waals surface area contributed by atoms with E-state index in [9.17, 15) is 9.59 Å². The number of amides is 2. The van der Waals surface area contributed by atoms with Gasteiger partial charge in [-0.25, -0.2) is 9.97 Å². The van der Waals surface area contributed by atoms with E-state index in [4.69, 9.17) is 0 Å². The first-order valence-electron chi connectivity index (χ1n) is 10.6. The number of piperazine rings is 1. The maximum Gasteiger partial charge on any atom is 0.240 e. The zero-order valence-corrected chi connectivity index (χ0v) is 17.3. The number of carbonyl (C=O) groups excluding carboxylic acids is 2. The molecule has 0 spiro atoms. The van der Waals surface area contributed by atoms with Gasteiger partial charge in [-0.1, -0.05) is 18.2 Å². The monoisotopic (exact) mass is 408 g/mol. The average molecular weight is 409 g/mol. The number of nitrogens with one attached hydrogen (secondary N) is 1. The third-order valence-corrected chi connectivity index (χ3v) is 5.77. The molecule has 0 bridgehead atoms. The van der Waals surface area contributed by atoms with E-state index in [1.54, 1.807) is 18.5 Å². The number of rotatable bonds is 5. The summed E-state index contributed by atoms with van der Waals surface area (Å²) in [6.07, 6.45) is 5.42. The van der Waals surface area contributed by atoms with E-state index in [0.717, 1.165) is 25.1 Å². The summed E-state index contributed by atoms with van der Waals surface area (Å²) in [5, 5.41) is 3.13. The summed E-state index contributed by atoms with van der Waals surface area (Å²) in [5.74, 6) is 0.728. The van der Waals surface area contributed by atoms with Gasteiger partial charge < -0.3 is 14.7 Å². The Hall–Kier alpha value is -3.00. The predicted octanol–water partition coefficient (Wildman–Crippen LogP) is 1.08. The maximum atomic E-state index is 12.8. The zero-order chi connectivity index (χ0) is 20.9. The highest BCUT2D eigenvalue weighted by molar-refractivity contribution is 5.96. The van der Waals surface area contributed by atoms with Crippen LogP contribution in [0.4, 0.5) is 11.6 Å². The van der Waals surface area contributed by atoms with Gasteiger partial charge in [0.05, 0.1) is 12.6 Å². The Morgan fingerprint density at radius 3 is 2.53 bits per heavy atom. The smallest absolute Gasteiger partial charge is 0.240 e. The van der Waals surface area contributed by atoms with Crippen molar-refractivity contribution in [3.63, 3.8) is 0 Å². The molecule has 158 valence electrons. The van der Waals surface area contributed by atoms with Gasteiger partial charge in [-0.15, -0.1) is 0 Å². The minimum atomic E-state index is -0.409. The maximum absolute atomic E-state index is 12.8. The summed E-state index contributed by atoms with van der Waals surface area (Å²) < 4.78 is 0. The largest absolute Gasteiger partial charge is 0.338 e. The van der Waals surface area contributed by atoms with Crippen molar-refractivity contribution >= 4 is 23.5 Å². The van der Waals surface area contributed by atoms with Crippen LogP contribution in [0.25, 0.3) is 0 Å². The molecule has 1 saturated heterocycles. The molecule has 1 atom stereocenters. The molecule has 1 N–H and O–H groups in total. The molecule has 0 saturated carbocycles. The molecule has 30 heavy (non-hydrogen) atoms. The van der Waals surface area contributed by atoms with Gasteiger partial charge >= 0.3 is 0 Å². The Morgan fingerprint density at radius 1 is 1.03 bits per heavy atom. The van der Waals surface area contributed by atoms with Gasteiger partial charge in [0.25, 0.3) is 0 Å². The van der Waals surface area contributed by atoms with Gasteiger partial charge in [0, 0.05) is 50.8 Å². The van der Waals surface area contributed by atoms with E-state index < -0.39 is 6.04 Å². The lowest BCUT2D eigenvalue weighted by Gasteiger charge is -2.36. The van der Waals surface area contributed by atoms with Gasteiger partial charge in [0.2, 0.25) is 17.8 Å². The number of hydrogen-bond acceptors (Lipinski definition) is 6. The third kappa shape index (κ3) is 4.43. The minimum absolute atomic E-state index is 0.00726. The molecule has 2 aliphatic heterocycles. The van der Waals surface area contributed by atoms with E-state index >= 15 is 0 Å². The molecular formula is C22H28N6O2. The van der Waals surface area contributed by atoms with E-state index in [-0.39, 0.29) is 18.4 Å². The quantitative estimate of drug-likeness (QED) is 0.798. The highest BCUT2D eigenvalue weighted by Crippen LogP contribution is 2.26. The fourth-order valence-corrected chi connectivity index (χ4v) is 4.07. The number of fused-ring (bicyclic) bond motifs is 1. The Morgan fingerprint density at radius 2 is 1.77 bits per heavy atom. The molecule has 3 heterocycles.